The van der Waals surface area contributed by atoms with Crippen molar-refractivity contribution in [3.63, 3.8) is 0 Å². The molecule has 1 aromatic carbocycles. The van der Waals surface area contributed by atoms with Gasteiger partial charge in [-0.3, -0.25) is 0 Å². The van der Waals surface area contributed by atoms with E-state index < -0.39 is 6.10 Å². The molecule has 0 amide bonds. The van der Waals surface area contributed by atoms with Crippen LogP contribution in [0, 0.1) is 0 Å². The van der Waals surface area contributed by atoms with Crippen molar-refractivity contribution >= 4 is 11.8 Å². The van der Waals surface area contributed by atoms with Crippen LogP contribution in [0.25, 0.3) is 0 Å². The van der Waals surface area contributed by atoms with Crippen LogP contribution in [-0.4, -0.2) is 36.4 Å². The predicted molar refractivity (Wildman–Crippen MR) is 74.3 cm³/mol. The van der Waals surface area contributed by atoms with Gasteiger partial charge in [-0.25, -0.2) is 0 Å². The molecular formula is C14H20O3S. The third-order valence-electron chi connectivity index (χ3n) is 3.41. The quantitative estimate of drug-likeness (QED) is 0.772. The van der Waals surface area contributed by atoms with E-state index in [4.69, 9.17) is 9.47 Å². The van der Waals surface area contributed by atoms with Crippen molar-refractivity contribution < 1.29 is 14.6 Å². The van der Waals surface area contributed by atoms with E-state index in [0.717, 1.165) is 24.2 Å². The highest BCUT2D eigenvalue weighted by Crippen LogP contribution is 2.56. The molecule has 1 saturated carbocycles. The number of aliphatic hydroxyl groups is 1. The number of para-hydroxylation sites is 1. The largest absolute Gasteiger partial charge is 0.491 e. The van der Waals surface area contributed by atoms with Crippen molar-refractivity contribution in [1.29, 1.82) is 0 Å². The Labute approximate surface area is 112 Å². The summed E-state index contributed by atoms with van der Waals surface area (Å²) in [7, 11) is 1.65. The van der Waals surface area contributed by atoms with Crippen LogP contribution in [0.5, 0.6) is 5.75 Å². The molecule has 1 atom stereocenters. The van der Waals surface area contributed by atoms with Gasteiger partial charge in [0.05, 0.1) is 12.7 Å². The maximum atomic E-state index is 10.5. The van der Waals surface area contributed by atoms with Gasteiger partial charge < -0.3 is 14.6 Å². The summed E-state index contributed by atoms with van der Waals surface area (Å²) < 4.78 is 10.6. The van der Waals surface area contributed by atoms with E-state index in [2.05, 4.69) is 6.26 Å². The Morgan fingerprint density at radius 2 is 2.06 bits per heavy atom. The molecule has 0 heterocycles. The van der Waals surface area contributed by atoms with Gasteiger partial charge in [-0.15, -0.1) is 0 Å². The Morgan fingerprint density at radius 3 is 2.67 bits per heavy atom. The molecule has 3 nitrogen and oxygen atoms in total. The molecule has 18 heavy (non-hydrogen) atoms. The van der Waals surface area contributed by atoms with Gasteiger partial charge in [-0.2, -0.15) is 11.8 Å². The monoisotopic (exact) mass is 268 g/mol. The van der Waals surface area contributed by atoms with Crippen molar-refractivity contribution in [1.82, 2.24) is 0 Å². The first-order valence-corrected chi connectivity index (χ1v) is 7.40. The van der Waals surface area contributed by atoms with Gasteiger partial charge in [-0.1, -0.05) is 18.2 Å². The lowest BCUT2D eigenvalue weighted by Gasteiger charge is -2.22. The Hall–Kier alpha value is -0.710. The van der Waals surface area contributed by atoms with E-state index in [1.807, 2.05) is 24.3 Å². The standard InChI is InChI=1S/C14H20O3S/c1-16-9-10-17-12-6-4-3-5-11(12)13(15)14(18-2)7-8-14/h3-6,13,15H,7-10H2,1-2H3. The lowest BCUT2D eigenvalue weighted by Crippen LogP contribution is -2.17. The normalized spacial score (nSPS) is 18.4. The van der Waals surface area contributed by atoms with Gasteiger partial charge in [0.15, 0.2) is 0 Å². The molecule has 100 valence electrons. The Kier molecular flexibility index (Phi) is 4.54. The lowest BCUT2D eigenvalue weighted by molar-refractivity contribution is 0.136. The Morgan fingerprint density at radius 1 is 1.33 bits per heavy atom. The number of thioether (sulfide) groups is 1. The van der Waals surface area contributed by atoms with Crippen molar-refractivity contribution in [3.8, 4) is 5.75 Å². The zero-order valence-corrected chi connectivity index (χ0v) is 11.7. The van der Waals surface area contributed by atoms with Crippen molar-refractivity contribution in [3.05, 3.63) is 29.8 Å². The number of hydrogen-bond donors (Lipinski definition) is 1. The maximum absolute atomic E-state index is 10.5. The van der Waals surface area contributed by atoms with Crippen LogP contribution < -0.4 is 4.74 Å². The minimum absolute atomic E-state index is 0.000714. The van der Waals surface area contributed by atoms with E-state index in [1.165, 1.54) is 0 Å². The Balaban J connectivity index is 2.11. The zero-order chi connectivity index (χ0) is 13.0. The summed E-state index contributed by atoms with van der Waals surface area (Å²) in [5.41, 5.74) is 0.889. The fraction of sp³-hybridized carbons (Fsp3) is 0.571. The Bertz CT molecular complexity index is 390. The van der Waals surface area contributed by atoms with Gasteiger partial charge in [0.25, 0.3) is 0 Å². The smallest absolute Gasteiger partial charge is 0.125 e. The molecule has 1 unspecified atom stereocenters. The van der Waals surface area contributed by atoms with Crippen LogP contribution in [-0.2, 0) is 4.74 Å². The number of benzene rings is 1. The van der Waals surface area contributed by atoms with Crippen molar-refractivity contribution in [2.45, 2.75) is 23.7 Å². The van der Waals surface area contributed by atoms with E-state index in [-0.39, 0.29) is 4.75 Å². The first kappa shape index (κ1) is 13.7. The molecule has 4 heteroatoms. The predicted octanol–water partition coefficient (Wildman–Crippen LogP) is 2.64. The average Bonchev–Trinajstić information content (AvgIpc) is 3.20. The molecule has 1 aromatic rings. The number of ether oxygens (including phenoxy) is 2. The van der Waals surface area contributed by atoms with Gasteiger partial charge in [0, 0.05) is 17.4 Å². The average molecular weight is 268 g/mol. The highest BCUT2D eigenvalue weighted by atomic mass is 32.2. The van der Waals surface area contributed by atoms with Gasteiger partial charge >= 0.3 is 0 Å². The molecular weight excluding hydrogens is 248 g/mol. The van der Waals surface area contributed by atoms with Crippen LogP contribution in [0.3, 0.4) is 0 Å². The van der Waals surface area contributed by atoms with Gasteiger partial charge in [0.1, 0.15) is 12.4 Å². The molecule has 0 aliphatic heterocycles. The summed E-state index contributed by atoms with van der Waals surface area (Å²) in [6.07, 6.45) is 3.75. The van der Waals surface area contributed by atoms with Crippen molar-refractivity contribution in [2.75, 3.05) is 26.6 Å². The second-order valence-electron chi connectivity index (χ2n) is 4.55. The topological polar surface area (TPSA) is 38.7 Å². The number of methoxy groups -OCH3 is 1. The van der Waals surface area contributed by atoms with Crippen LogP contribution >= 0.6 is 11.8 Å². The van der Waals surface area contributed by atoms with Crippen LogP contribution in [0.2, 0.25) is 0 Å². The van der Waals surface area contributed by atoms with E-state index >= 15 is 0 Å². The highest BCUT2D eigenvalue weighted by Gasteiger charge is 2.49. The first-order valence-electron chi connectivity index (χ1n) is 6.17. The summed E-state index contributed by atoms with van der Waals surface area (Å²) in [6.45, 7) is 1.06. The SMILES string of the molecule is COCCOc1ccccc1C(O)C1(SC)CC1. The molecule has 1 fully saturated rings. The maximum Gasteiger partial charge on any atom is 0.125 e. The summed E-state index contributed by atoms with van der Waals surface area (Å²) in [5.74, 6) is 0.766. The summed E-state index contributed by atoms with van der Waals surface area (Å²) in [4.78, 5) is 0. The van der Waals surface area contributed by atoms with Gasteiger partial charge in [-0.05, 0) is 25.2 Å². The molecule has 0 bridgehead atoms. The number of hydrogen-bond acceptors (Lipinski definition) is 4. The highest BCUT2D eigenvalue weighted by molar-refractivity contribution is 8.00. The third kappa shape index (κ3) is 2.82. The summed E-state index contributed by atoms with van der Waals surface area (Å²) in [5, 5.41) is 10.5. The molecule has 1 N–H and O–H groups in total. The van der Waals surface area contributed by atoms with Crippen LogP contribution in [0.15, 0.2) is 24.3 Å². The molecule has 1 aliphatic rings. The minimum Gasteiger partial charge on any atom is -0.491 e. The van der Waals surface area contributed by atoms with E-state index in [0.29, 0.717) is 13.2 Å². The van der Waals surface area contributed by atoms with Crippen molar-refractivity contribution in [2.24, 2.45) is 0 Å². The summed E-state index contributed by atoms with van der Waals surface area (Å²) in [6, 6.07) is 7.73. The fourth-order valence-corrected chi connectivity index (χ4v) is 2.93. The van der Waals surface area contributed by atoms with Crippen LogP contribution in [0.1, 0.15) is 24.5 Å². The molecule has 2 rings (SSSR count). The van der Waals surface area contributed by atoms with E-state index in [1.54, 1.807) is 18.9 Å². The zero-order valence-electron chi connectivity index (χ0n) is 10.9. The number of aliphatic hydroxyl groups excluding tert-OH is 1. The third-order valence-corrected chi connectivity index (χ3v) is 4.85. The molecule has 0 aromatic heterocycles. The van der Waals surface area contributed by atoms with Gasteiger partial charge in [0.2, 0.25) is 0 Å². The molecule has 0 radical (unpaired) electrons. The first-order chi connectivity index (χ1) is 8.73. The molecule has 1 aliphatic carbocycles. The molecule has 0 saturated heterocycles. The fourth-order valence-electron chi connectivity index (χ4n) is 2.07. The van der Waals surface area contributed by atoms with Crippen LogP contribution in [0.4, 0.5) is 0 Å². The molecule has 0 spiro atoms. The lowest BCUT2D eigenvalue weighted by atomic mass is 10.0. The number of rotatable bonds is 7. The second kappa shape index (κ2) is 5.95. The van der Waals surface area contributed by atoms with E-state index in [9.17, 15) is 5.11 Å². The second-order valence-corrected chi connectivity index (χ2v) is 5.77. The minimum atomic E-state index is -0.453. The summed E-state index contributed by atoms with van der Waals surface area (Å²) >= 11 is 1.75.